The molecule has 0 aliphatic heterocycles. The number of carboxylic acid groups (broad SMARTS) is 1. The van der Waals surface area contributed by atoms with Crippen LogP contribution in [0.25, 0.3) is 0 Å². The number of carbonyl (C=O) groups is 1. The van der Waals surface area contributed by atoms with Gasteiger partial charge in [-0.1, -0.05) is 71.1 Å². The van der Waals surface area contributed by atoms with E-state index in [0.717, 1.165) is 12.8 Å². The monoisotopic (exact) mass is 284 g/mol. The Hall–Kier alpha value is 1.07. The van der Waals surface area contributed by atoms with E-state index < -0.39 is 5.97 Å². The zero-order valence-electron chi connectivity index (χ0n) is 12.3. The maximum Gasteiger partial charge on any atom is 1.00 e. The van der Waals surface area contributed by atoms with Gasteiger partial charge in [0.2, 0.25) is 0 Å². The van der Waals surface area contributed by atoms with Crippen molar-refractivity contribution in [2.75, 3.05) is 0 Å². The van der Waals surface area contributed by atoms with Gasteiger partial charge in [-0.2, -0.15) is 0 Å². The third kappa shape index (κ3) is 22.3. The van der Waals surface area contributed by atoms with Crippen molar-refractivity contribution >= 4 is 5.97 Å². The second-order valence-corrected chi connectivity index (χ2v) is 4.66. The van der Waals surface area contributed by atoms with E-state index in [9.17, 15) is 9.90 Å². The zero-order chi connectivity index (χ0) is 12.1. The number of rotatable bonds is 12. The van der Waals surface area contributed by atoms with Crippen LogP contribution in [-0.2, 0) is 4.79 Å². The number of unbranched alkanes of at least 4 members (excludes halogenated alkanes) is 10. The van der Waals surface area contributed by atoms with Crippen molar-refractivity contribution in [1.29, 1.82) is 0 Å². The zero-order valence-corrected chi connectivity index (χ0v) is 15.4. The van der Waals surface area contributed by atoms with Gasteiger partial charge in [-0.05, 0) is 12.8 Å². The summed E-state index contributed by atoms with van der Waals surface area (Å²) in [5.41, 5.74) is 0. The fourth-order valence-electron chi connectivity index (χ4n) is 1.93. The molecule has 0 rings (SSSR count). The van der Waals surface area contributed by atoms with E-state index in [-0.39, 0.29) is 63.3 Å². The summed E-state index contributed by atoms with van der Waals surface area (Å²) in [5.74, 6) is -0.907. The van der Waals surface area contributed by atoms with Crippen molar-refractivity contribution in [1.82, 2.24) is 0 Å². The van der Waals surface area contributed by atoms with Gasteiger partial charge in [-0.25, -0.2) is 0 Å². The number of carbonyl (C=O) groups excluding carboxylic acids is 1. The largest absolute Gasteiger partial charge is 1.00 e. The normalized spacial score (nSPS) is 9.39. The average Bonchev–Trinajstić information content (AvgIpc) is 2.25. The number of hydrogen-bond acceptors (Lipinski definition) is 2. The minimum atomic E-state index is -0.907. The molecule has 0 aliphatic rings. The Kier molecular flexibility index (Phi) is 27.3. The Morgan fingerprint density at radius 2 is 1.11 bits per heavy atom. The van der Waals surface area contributed by atoms with E-state index >= 15 is 0 Å². The van der Waals surface area contributed by atoms with Crippen LogP contribution in [0.1, 0.15) is 84.0 Å². The first kappa shape index (κ1) is 24.1. The van der Waals surface area contributed by atoms with E-state index in [1.165, 1.54) is 57.8 Å². The Balaban J connectivity index is -0.00000112. The van der Waals surface area contributed by atoms with Gasteiger partial charge in [0.1, 0.15) is 0 Å². The smallest absolute Gasteiger partial charge is 0.550 e. The molecule has 0 heterocycles. The van der Waals surface area contributed by atoms with Crippen molar-refractivity contribution in [3.8, 4) is 0 Å². The van der Waals surface area contributed by atoms with E-state index in [1.54, 1.807) is 0 Å². The molecule has 0 amide bonds. The molecule has 0 aliphatic carbocycles. The third-order valence-corrected chi connectivity index (χ3v) is 2.98. The molecule has 0 aromatic rings. The molecule has 0 radical (unpaired) electrons. The van der Waals surface area contributed by atoms with Crippen LogP contribution in [0.5, 0.6) is 0 Å². The van der Waals surface area contributed by atoms with Crippen LogP contribution in [0.3, 0.4) is 0 Å². The quantitative estimate of drug-likeness (QED) is 0.362. The Morgan fingerprint density at radius 3 is 1.44 bits per heavy atom. The van der Waals surface area contributed by atoms with E-state index in [0.29, 0.717) is 0 Å². The summed E-state index contributed by atoms with van der Waals surface area (Å²) in [4.78, 5) is 10.1. The van der Waals surface area contributed by atoms with Gasteiger partial charge < -0.3 is 15.4 Å². The summed E-state index contributed by atoms with van der Waals surface area (Å²) in [6, 6.07) is 0. The minimum absolute atomic E-state index is 0. The van der Waals surface area contributed by atoms with Crippen LogP contribution in [0, 0.1) is 0 Å². The predicted octanol–water partition coefficient (Wildman–Crippen LogP) is -0.383. The standard InChI is InChI=1S/C14H28O2.K.H2O/c1-2-3-4-5-6-7-8-9-10-11-12-13-14(15)16;;/h2-13H2,1H3,(H,15,16);;1H2/q;+1;/p-1. The van der Waals surface area contributed by atoms with E-state index in [2.05, 4.69) is 6.92 Å². The van der Waals surface area contributed by atoms with Crippen LogP contribution in [0.2, 0.25) is 0 Å². The fraction of sp³-hybridized carbons (Fsp3) is 0.929. The second kappa shape index (κ2) is 20.4. The van der Waals surface area contributed by atoms with Crippen molar-refractivity contribution in [3.05, 3.63) is 0 Å². The van der Waals surface area contributed by atoms with Crippen molar-refractivity contribution < 1.29 is 66.8 Å². The molecular weight excluding hydrogens is 255 g/mol. The van der Waals surface area contributed by atoms with Crippen LogP contribution < -0.4 is 56.5 Å². The second-order valence-electron chi connectivity index (χ2n) is 4.66. The first-order valence-corrected chi connectivity index (χ1v) is 6.97. The Bertz CT molecular complexity index is 163. The molecule has 0 fully saturated rings. The molecule has 104 valence electrons. The van der Waals surface area contributed by atoms with E-state index in [1.807, 2.05) is 0 Å². The number of aliphatic carboxylic acids is 1. The van der Waals surface area contributed by atoms with Gasteiger partial charge in [0.25, 0.3) is 0 Å². The molecule has 0 unspecified atom stereocenters. The molecule has 0 saturated heterocycles. The molecule has 0 bridgehead atoms. The molecule has 0 saturated carbocycles. The Morgan fingerprint density at radius 1 is 0.778 bits per heavy atom. The summed E-state index contributed by atoms with van der Waals surface area (Å²) in [6.07, 6.45) is 14.0. The summed E-state index contributed by atoms with van der Waals surface area (Å²) in [5, 5.41) is 10.1. The maximum absolute atomic E-state index is 10.1. The third-order valence-electron chi connectivity index (χ3n) is 2.98. The van der Waals surface area contributed by atoms with Crippen LogP contribution in [-0.4, -0.2) is 11.4 Å². The predicted molar refractivity (Wildman–Crippen MR) is 69.7 cm³/mol. The van der Waals surface area contributed by atoms with Crippen LogP contribution in [0.4, 0.5) is 0 Å². The summed E-state index contributed by atoms with van der Waals surface area (Å²) < 4.78 is 0. The summed E-state index contributed by atoms with van der Waals surface area (Å²) in [7, 11) is 0. The van der Waals surface area contributed by atoms with E-state index in [4.69, 9.17) is 0 Å². The molecule has 0 atom stereocenters. The molecule has 3 nitrogen and oxygen atoms in total. The molecule has 0 aromatic carbocycles. The average molecular weight is 284 g/mol. The van der Waals surface area contributed by atoms with Crippen LogP contribution in [0.15, 0.2) is 0 Å². The number of hydrogen-bond donors (Lipinski definition) is 0. The van der Waals surface area contributed by atoms with Gasteiger partial charge in [0, 0.05) is 5.97 Å². The van der Waals surface area contributed by atoms with Gasteiger partial charge in [-0.3, -0.25) is 0 Å². The fourth-order valence-corrected chi connectivity index (χ4v) is 1.93. The SMILES string of the molecule is CCCCCCCCCCCCCC(=O)[O-].O.[K+]. The van der Waals surface area contributed by atoms with Crippen molar-refractivity contribution in [2.45, 2.75) is 84.0 Å². The molecular formula is C14H29KO3. The van der Waals surface area contributed by atoms with Crippen molar-refractivity contribution in [2.24, 2.45) is 0 Å². The first-order chi connectivity index (χ1) is 7.77. The number of carboxylic acids is 1. The Labute approximate surface area is 155 Å². The molecule has 0 aromatic heterocycles. The maximum atomic E-state index is 10.1. The first-order valence-electron chi connectivity index (χ1n) is 6.97. The molecule has 2 N–H and O–H groups in total. The molecule has 4 heteroatoms. The summed E-state index contributed by atoms with van der Waals surface area (Å²) >= 11 is 0. The van der Waals surface area contributed by atoms with Gasteiger partial charge in [-0.15, -0.1) is 0 Å². The van der Waals surface area contributed by atoms with Crippen molar-refractivity contribution in [3.63, 3.8) is 0 Å². The molecule has 18 heavy (non-hydrogen) atoms. The van der Waals surface area contributed by atoms with Crippen LogP contribution >= 0.6 is 0 Å². The summed E-state index contributed by atoms with van der Waals surface area (Å²) in [6.45, 7) is 2.24. The molecule has 0 spiro atoms. The van der Waals surface area contributed by atoms with Gasteiger partial charge in [0.05, 0.1) is 0 Å². The topological polar surface area (TPSA) is 71.6 Å². The van der Waals surface area contributed by atoms with Gasteiger partial charge >= 0.3 is 51.4 Å². The van der Waals surface area contributed by atoms with Gasteiger partial charge in [0.15, 0.2) is 0 Å². The minimum Gasteiger partial charge on any atom is -0.550 e.